The summed E-state index contributed by atoms with van der Waals surface area (Å²) in [6.07, 6.45) is 0.882. The Labute approximate surface area is 132 Å². The van der Waals surface area contributed by atoms with Crippen LogP contribution in [-0.4, -0.2) is 45.5 Å². The summed E-state index contributed by atoms with van der Waals surface area (Å²) in [4.78, 5) is 22.2. The monoisotopic (exact) mass is 328 g/mol. The number of phenolic OH excluding ortho intramolecular Hbond substituents is 2. The Morgan fingerprint density at radius 3 is 2.64 bits per heavy atom. The quantitative estimate of drug-likeness (QED) is 0.350. The lowest BCUT2D eigenvalue weighted by Crippen LogP contribution is -2.32. The molecular formula is C14H20N2O5S. The van der Waals surface area contributed by atoms with Gasteiger partial charge in [-0.2, -0.15) is 0 Å². The summed E-state index contributed by atoms with van der Waals surface area (Å²) in [6.45, 7) is 2.16. The van der Waals surface area contributed by atoms with Gasteiger partial charge < -0.3 is 26.4 Å². The average molecular weight is 328 g/mol. The van der Waals surface area contributed by atoms with Crippen molar-refractivity contribution in [2.75, 3.05) is 12.3 Å². The minimum Gasteiger partial charge on any atom is -0.504 e. The van der Waals surface area contributed by atoms with Crippen LogP contribution in [0.15, 0.2) is 17.0 Å². The van der Waals surface area contributed by atoms with Crippen molar-refractivity contribution in [3.05, 3.63) is 17.7 Å². The predicted molar refractivity (Wildman–Crippen MR) is 83.1 cm³/mol. The van der Waals surface area contributed by atoms with Crippen molar-refractivity contribution < 1.29 is 24.9 Å². The summed E-state index contributed by atoms with van der Waals surface area (Å²) in [5.41, 5.74) is 6.13. The summed E-state index contributed by atoms with van der Waals surface area (Å²) >= 11 is 1.05. The van der Waals surface area contributed by atoms with E-state index in [2.05, 4.69) is 5.32 Å². The molecule has 0 saturated heterocycles. The van der Waals surface area contributed by atoms with E-state index in [0.717, 1.165) is 17.3 Å². The third-order valence-electron chi connectivity index (χ3n) is 2.91. The number of rotatable bonds is 8. The standard InChI is InChI=1S/C14H20N2O5S/c1-2-12(18)16-4-3-8-5-10(17)13(19)11(6-8)22-7-9(15)14(20)21/h5-6,9,17,19H,2-4,7,15H2,1H3,(H,16,18)(H,20,21). The lowest BCUT2D eigenvalue weighted by molar-refractivity contribution is -0.137. The van der Waals surface area contributed by atoms with Gasteiger partial charge in [0.2, 0.25) is 5.91 Å². The van der Waals surface area contributed by atoms with Crippen molar-refractivity contribution in [1.82, 2.24) is 5.32 Å². The maximum absolute atomic E-state index is 11.2. The highest BCUT2D eigenvalue weighted by Gasteiger charge is 2.15. The fraction of sp³-hybridized carbons (Fsp3) is 0.429. The molecule has 0 heterocycles. The van der Waals surface area contributed by atoms with E-state index >= 15 is 0 Å². The first-order chi connectivity index (χ1) is 10.3. The Kier molecular flexibility index (Phi) is 7.00. The second-order valence-electron chi connectivity index (χ2n) is 4.67. The highest BCUT2D eigenvalue weighted by molar-refractivity contribution is 7.99. The summed E-state index contributed by atoms with van der Waals surface area (Å²) in [7, 11) is 0. The summed E-state index contributed by atoms with van der Waals surface area (Å²) in [5.74, 6) is -1.72. The number of carbonyl (C=O) groups excluding carboxylic acids is 1. The Hall–Kier alpha value is -1.93. The average Bonchev–Trinajstić information content (AvgIpc) is 2.48. The fourth-order valence-corrected chi connectivity index (χ4v) is 2.60. The Morgan fingerprint density at radius 1 is 1.36 bits per heavy atom. The van der Waals surface area contributed by atoms with E-state index < -0.39 is 12.0 Å². The van der Waals surface area contributed by atoms with E-state index in [0.29, 0.717) is 24.3 Å². The zero-order chi connectivity index (χ0) is 16.7. The maximum atomic E-state index is 11.2. The SMILES string of the molecule is CCC(=O)NCCc1cc(O)c(O)c(SCC(N)C(=O)O)c1. The number of nitrogens with two attached hydrogens (primary N) is 1. The van der Waals surface area contributed by atoms with Crippen LogP contribution in [0, 0.1) is 0 Å². The van der Waals surface area contributed by atoms with Crippen molar-refractivity contribution in [2.24, 2.45) is 5.73 Å². The molecule has 1 aromatic carbocycles. The molecule has 1 unspecified atom stereocenters. The largest absolute Gasteiger partial charge is 0.504 e. The Balaban J connectivity index is 2.72. The molecule has 7 nitrogen and oxygen atoms in total. The zero-order valence-corrected chi connectivity index (χ0v) is 13.0. The fourth-order valence-electron chi connectivity index (χ4n) is 1.63. The first kappa shape index (κ1) is 18.1. The predicted octanol–water partition coefficient (Wildman–Crippen LogP) is 0.670. The third kappa shape index (κ3) is 5.45. The molecule has 0 aromatic heterocycles. The third-order valence-corrected chi connectivity index (χ3v) is 4.06. The molecule has 6 N–H and O–H groups in total. The van der Waals surface area contributed by atoms with Crippen molar-refractivity contribution >= 4 is 23.6 Å². The number of hydrogen-bond acceptors (Lipinski definition) is 6. The van der Waals surface area contributed by atoms with Gasteiger partial charge in [-0.25, -0.2) is 0 Å². The number of nitrogens with one attached hydrogen (secondary N) is 1. The highest BCUT2D eigenvalue weighted by atomic mass is 32.2. The zero-order valence-electron chi connectivity index (χ0n) is 12.2. The van der Waals surface area contributed by atoms with Gasteiger partial charge in [-0.05, 0) is 24.1 Å². The second-order valence-corrected chi connectivity index (χ2v) is 5.73. The number of hydrogen-bond donors (Lipinski definition) is 5. The van der Waals surface area contributed by atoms with Crippen LogP contribution in [0.1, 0.15) is 18.9 Å². The number of thioether (sulfide) groups is 1. The molecule has 122 valence electrons. The van der Waals surface area contributed by atoms with E-state index in [-0.39, 0.29) is 23.2 Å². The van der Waals surface area contributed by atoms with Crippen LogP contribution in [-0.2, 0) is 16.0 Å². The van der Waals surface area contributed by atoms with Crippen LogP contribution in [0.5, 0.6) is 11.5 Å². The first-order valence-corrected chi connectivity index (χ1v) is 7.76. The molecule has 0 fully saturated rings. The molecule has 0 saturated carbocycles. The Morgan fingerprint density at radius 2 is 2.05 bits per heavy atom. The number of aromatic hydroxyl groups is 2. The van der Waals surface area contributed by atoms with Crippen molar-refractivity contribution in [3.63, 3.8) is 0 Å². The maximum Gasteiger partial charge on any atom is 0.321 e. The molecule has 1 atom stereocenters. The van der Waals surface area contributed by atoms with Gasteiger partial charge in [-0.3, -0.25) is 9.59 Å². The van der Waals surface area contributed by atoms with Gasteiger partial charge in [-0.15, -0.1) is 11.8 Å². The molecule has 0 aliphatic carbocycles. The van der Waals surface area contributed by atoms with Gasteiger partial charge in [-0.1, -0.05) is 6.92 Å². The molecular weight excluding hydrogens is 308 g/mol. The van der Waals surface area contributed by atoms with E-state index in [4.69, 9.17) is 10.8 Å². The topological polar surface area (TPSA) is 133 Å². The number of carboxylic acid groups (broad SMARTS) is 1. The van der Waals surface area contributed by atoms with Crippen LogP contribution < -0.4 is 11.1 Å². The summed E-state index contributed by atoms with van der Waals surface area (Å²) in [5, 5.41) is 31.0. The molecule has 0 radical (unpaired) electrons. The molecule has 8 heteroatoms. The second kappa shape index (κ2) is 8.50. The number of carboxylic acids is 1. The lowest BCUT2D eigenvalue weighted by Gasteiger charge is -2.11. The smallest absolute Gasteiger partial charge is 0.321 e. The molecule has 0 aliphatic rings. The van der Waals surface area contributed by atoms with Crippen LogP contribution in [0.4, 0.5) is 0 Å². The van der Waals surface area contributed by atoms with Gasteiger partial charge in [0, 0.05) is 18.7 Å². The number of aliphatic carboxylic acids is 1. The van der Waals surface area contributed by atoms with Gasteiger partial charge in [0.05, 0.1) is 4.90 Å². The van der Waals surface area contributed by atoms with Crippen LogP contribution in [0.3, 0.4) is 0 Å². The van der Waals surface area contributed by atoms with Crippen LogP contribution in [0.25, 0.3) is 0 Å². The molecule has 0 spiro atoms. The van der Waals surface area contributed by atoms with Gasteiger partial charge in [0.15, 0.2) is 11.5 Å². The molecule has 0 aliphatic heterocycles. The van der Waals surface area contributed by atoms with E-state index in [1.807, 2.05) is 0 Å². The first-order valence-electron chi connectivity index (χ1n) is 6.77. The van der Waals surface area contributed by atoms with Gasteiger partial charge in [0.1, 0.15) is 6.04 Å². The summed E-state index contributed by atoms with van der Waals surface area (Å²) in [6, 6.07) is 2.00. The highest BCUT2D eigenvalue weighted by Crippen LogP contribution is 2.37. The molecule has 1 amide bonds. The van der Waals surface area contributed by atoms with Crippen LogP contribution in [0.2, 0.25) is 0 Å². The number of phenols is 2. The normalized spacial score (nSPS) is 11.9. The van der Waals surface area contributed by atoms with E-state index in [9.17, 15) is 19.8 Å². The lowest BCUT2D eigenvalue weighted by atomic mass is 10.1. The number of carbonyl (C=O) groups is 2. The van der Waals surface area contributed by atoms with Gasteiger partial charge in [0.25, 0.3) is 0 Å². The van der Waals surface area contributed by atoms with Crippen molar-refractivity contribution in [1.29, 1.82) is 0 Å². The van der Waals surface area contributed by atoms with Crippen molar-refractivity contribution in [3.8, 4) is 11.5 Å². The molecule has 22 heavy (non-hydrogen) atoms. The molecule has 0 bridgehead atoms. The Bertz CT molecular complexity index is 550. The van der Waals surface area contributed by atoms with Crippen molar-refractivity contribution in [2.45, 2.75) is 30.7 Å². The minimum atomic E-state index is -1.13. The number of amides is 1. The molecule has 1 rings (SSSR count). The van der Waals surface area contributed by atoms with E-state index in [1.54, 1.807) is 13.0 Å². The molecule has 1 aromatic rings. The number of benzene rings is 1. The van der Waals surface area contributed by atoms with Crippen LogP contribution >= 0.6 is 11.8 Å². The summed E-state index contributed by atoms with van der Waals surface area (Å²) < 4.78 is 0. The van der Waals surface area contributed by atoms with E-state index in [1.165, 1.54) is 6.07 Å². The van der Waals surface area contributed by atoms with Gasteiger partial charge >= 0.3 is 5.97 Å². The minimum absolute atomic E-state index is 0.0648.